The van der Waals surface area contributed by atoms with Gasteiger partial charge in [0.15, 0.2) is 5.69 Å². The van der Waals surface area contributed by atoms with Crippen molar-refractivity contribution in [1.82, 2.24) is 10.1 Å². The molecule has 3 unspecified atom stereocenters. The summed E-state index contributed by atoms with van der Waals surface area (Å²) in [7, 11) is 0. The summed E-state index contributed by atoms with van der Waals surface area (Å²) in [5, 5.41) is 17.6. The first-order valence-electron chi connectivity index (χ1n) is 12.6. The molecule has 0 aliphatic heterocycles. The van der Waals surface area contributed by atoms with Gasteiger partial charge in [0.2, 0.25) is 0 Å². The first-order valence-corrected chi connectivity index (χ1v) is 14.2. The van der Waals surface area contributed by atoms with Crippen LogP contribution in [-0.4, -0.2) is 21.4 Å². The molecule has 4 aromatic rings. The second kappa shape index (κ2) is 9.00. The largest absolute Gasteiger partial charge is 0.382 e. The molecule has 0 saturated heterocycles. The van der Waals surface area contributed by atoms with Gasteiger partial charge in [0, 0.05) is 21.7 Å². The van der Waals surface area contributed by atoms with Crippen LogP contribution in [-0.2, 0) is 16.9 Å². The van der Waals surface area contributed by atoms with E-state index in [9.17, 15) is 9.50 Å². The number of hydrogen-bond acceptors (Lipinski definition) is 6. The van der Waals surface area contributed by atoms with Crippen molar-refractivity contribution in [3.8, 4) is 11.3 Å². The molecule has 1 N–H and O–H groups in total. The van der Waals surface area contributed by atoms with E-state index in [2.05, 4.69) is 15.0 Å². The Hall–Kier alpha value is -2.54. The Morgan fingerprint density at radius 3 is 2.71 bits per heavy atom. The van der Waals surface area contributed by atoms with Crippen molar-refractivity contribution in [2.75, 3.05) is 0 Å². The molecule has 0 radical (unpaired) electrons. The SMILES string of the molecule is [C-]#[N+]c1cc(F)c2nc([C@]3(O)CC4CC3CC4OCc3c(-c4c(Cl)cccc4Cl)noc3C3CC3)sc2c1. The Labute approximate surface area is 232 Å². The molecule has 7 rings (SSSR count). The molecule has 194 valence electrons. The van der Waals surface area contributed by atoms with Gasteiger partial charge in [0.25, 0.3) is 0 Å². The van der Waals surface area contributed by atoms with Crippen molar-refractivity contribution in [2.45, 2.75) is 56.3 Å². The number of thiazole rings is 1. The fourth-order valence-corrected chi connectivity index (χ4v) is 7.95. The Bertz CT molecular complexity index is 1610. The number of fused-ring (bicyclic) bond motifs is 3. The van der Waals surface area contributed by atoms with E-state index in [1.54, 1.807) is 24.3 Å². The second-order valence-corrected chi connectivity index (χ2v) is 12.4. The van der Waals surface area contributed by atoms with Gasteiger partial charge in [0.05, 0.1) is 29.3 Å². The van der Waals surface area contributed by atoms with E-state index in [-0.39, 0.29) is 29.1 Å². The molecule has 10 heteroatoms. The van der Waals surface area contributed by atoms with Crippen LogP contribution < -0.4 is 0 Å². The third-order valence-corrected chi connectivity index (χ3v) is 10.0. The van der Waals surface area contributed by atoms with Crippen LogP contribution in [0.5, 0.6) is 0 Å². The minimum absolute atomic E-state index is 0.0309. The highest BCUT2D eigenvalue weighted by Gasteiger charge is 2.57. The number of aromatic nitrogens is 2. The number of benzene rings is 2. The van der Waals surface area contributed by atoms with Gasteiger partial charge in [0.1, 0.15) is 33.4 Å². The zero-order chi connectivity index (χ0) is 26.2. The monoisotopic (exact) mass is 569 g/mol. The highest BCUT2D eigenvalue weighted by atomic mass is 35.5. The molecule has 2 aromatic heterocycles. The van der Waals surface area contributed by atoms with Gasteiger partial charge in [-0.2, -0.15) is 0 Å². The van der Waals surface area contributed by atoms with Crippen molar-refractivity contribution in [1.29, 1.82) is 0 Å². The lowest BCUT2D eigenvalue weighted by Crippen LogP contribution is -2.37. The molecular weight excluding hydrogens is 548 g/mol. The van der Waals surface area contributed by atoms with Crippen LogP contribution in [0.15, 0.2) is 34.9 Å². The van der Waals surface area contributed by atoms with Crippen LogP contribution in [0.2, 0.25) is 10.0 Å². The van der Waals surface area contributed by atoms with Crippen LogP contribution in [0, 0.1) is 24.2 Å². The summed E-state index contributed by atoms with van der Waals surface area (Å²) in [5.74, 6) is 0.759. The summed E-state index contributed by atoms with van der Waals surface area (Å²) in [6.07, 6.45) is 4.07. The average molecular weight is 570 g/mol. The standard InChI is InChI=1S/C28H22Cl2FN3O3S/c1-32-16-9-20(31)25-22(10-16)38-27(33-25)28(35)11-14-7-15(28)8-21(14)36-12-17-24(34-37-26(17)13-5-6-13)23-18(29)3-2-4-19(23)30/h2-4,9-10,13-15,21,35H,5-8,11-12H2/t14?,15?,21?,28-/m0/s1. The molecule has 0 spiro atoms. The summed E-state index contributed by atoms with van der Waals surface area (Å²) in [4.78, 5) is 7.81. The molecule has 2 heterocycles. The normalized spacial score (nSPS) is 26.3. The molecular formula is C28H22Cl2FN3O3S. The van der Waals surface area contributed by atoms with Gasteiger partial charge in [-0.15, -0.1) is 11.3 Å². The number of hydrogen-bond donors (Lipinski definition) is 1. The third kappa shape index (κ3) is 3.87. The number of nitrogens with zero attached hydrogens (tertiary/aromatic N) is 3. The lowest BCUT2D eigenvalue weighted by Gasteiger charge is -2.34. The average Bonchev–Trinajstić information content (AvgIpc) is 3.21. The maximum Gasteiger partial charge on any atom is 0.191 e. The summed E-state index contributed by atoms with van der Waals surface area (Å²) in [5.41, 5.74) is 1.49. The Morgan fingerprint density at radius 1 is 1.24 bits per heavy atom. The molecule has 2 aromatic carbocycles. The van der Waals surface area contributed by atoms with E-state index in [1.807, 2.05) is 0 Å². The van der Waals surface area contributed by atoms with E-state index in [0.29, 0.717) is 56.4 Å². The van der Waals surface area contributed by atoms with E-state index in [0.717, 1.165) is 30.6 Å². The van der Waals surface area contributed by atoms with Crippen molar-refractivity contribution < 1.29 is 18.8 Å². The van der Waals surface area contributed by atoms with Gasteiger partial charge in [-0.1, -0.05) is 34.4 Å². The third-order valence-electron chi connectivity index (χ3n) is 8.22. The molecule has 38 heavy (non-hydrogen) atoms. The predicted octanol–water partition coefficient (Wildman–Crippen LogP) is 8.03. The van der Waals surface area contributed by atoms with E-state index in [4.69, 9.17) is 39.0 Å². The number of halogens is 3. The van der Waals surface area contributed by atoms with Gasteiger partial charge in [-0.25, -0.2) is 14.2 Å². The molecule has 3 fully saturated rings. The zero-order valence-electron chi connectivity index (χ0n) is 20.1. The summed E-state index contributed by atoms with van der Waals surface area (Å²) in [6, 6.07) is 8.19. The topological polar surface area (TPSA) is 72.7 Å². The highest BCUT2D eigenvalue weighted by molar-refractivity contribution is 7.18. The molecule has 3 aliphatic carbocycles. The lowest BCUT2D eigenvalue weighted by molar-refractivity contribution is -0.0726. The van der Waals surface area contributed by atoms with Crippen molar-refractivity contribution in [3.63, 3.8) is 0 Å². The molecule has 2 bridgehead atoms. The van der Waals surface area contributed by atoms with E-state index < -0.39 is 11.4 Å². The summed E-state index contributed by atoms with van der Waals surface area (Å²) < 4.78 is 27.3. The van der Waals surface area contributed by atoms with Crippen molar-refractivity contribution in [2.24, 2.45) is 11.8 Å². The number of rotatable bonds is 6. The molecule has 4 atom stereocenters. The predicted molar refractivity (Wildman–Crippen MR) is 143 cm³/mol. The van der Waals surface area contributed by atoms with Crippen molar-refractivity contribution in [3.05, 3.63) is 73.9 Å². The molecule has 6 nitrogen and oxygen atoms in total. The zero-order valence-corrected chi connectivity index (χ0v) is 22.4. The minimum Gasteiger partial charge on any atom is -0.382 e. The Balaban J connectivity index is 1.12. The smallest absolute Gasteiger partial charge is 0.191 e. The van der Waals surface area contributed by atoms with Gasteiger partial charge >= 0.3 is 0 Å². The maximum absolute atomic E-state index is 14.5. The molecule has 0 amide bonds. The summed E-state index contributed by atoms with van der Waals surface area (Å²) in [6.45, 7) is 7.51. The maximum atomic E-state index is 14.5. The van der Waals surface area contributed by atoms with Crippen LogP contribution >= 0.6 is 34.5 Å². The van der Waals surface area contributed by atoms with E-state index in [1.165, 1.54) is 17.4 Å². The number of aliphatic hydroxyl groups is 1. The van der Waals surface area contributed by atoms with Crippen LogP contribution in [0.1, 0.15) is 54.4 Å². The first kappa shape index (κ1) is 24.5. The van der Waals surface area contributed by atoms with Gasteiger partial charge in [-0.05, 0) is 68.2 Å². The van der Waals surface area contributed by atoms with Crippen LogP contribution in [0.25, 0.3) is 26.3 Å². The molecule has 3 saturated carbocycles. The fraction of sp³-hybridized carbons (Fsp3) is 0.393. The fourth-order valence-electron chi connectivity index (χ4n) is 6.19. The highest BCUT2D eigenvalue weighted by Crippen LogP contribution is 2.58. The second-order valence-electron chi connectivity index (χ2n) is 10.6. The first-order chi connectivity index (χ1) is 18.4. The number of ether oxygens (including phenoxy) is 1. The minimum atomic E-state index is -1.12. The van der Waals surface area contributed by atoms with E-state index >= 15 is 0 Å². The quantitative estimate of drug-likeness (QED) is 0.238. The summed E-state index contributed by atoms with van der Waals surface area (Å²) >= 11 is 14.2. The van der Waals surface area contributed by atoms with Crippen molar-refractivity contribution >= 4 is 50.4 Å². The van der Waals surface area contributed by atoms with Crippen LogP contribution in [0.3, 0.4) is 0 Å². The Kier molecular flexibility index (Phi) is 5.80. The Morgan fingerprint density at radius 2 is 2.03 bits per heavy atom. The van der Waals surface area contributed by atoms with Crippen LogP contribution in [0.4, 0.5) is 10.1 Å². The van der Waals surface area contributed by atoms with Gasteiger partial charge < -0.3 is 14.4 Å². The molecule has 3 aliphatic rings. The lowest BCUT2D eigenvalue weighted by atomic mass is 9.83. The van der Waals surface area contributed by atoms with Gasteiger partial charge in [-0.3, -0.25) is 0 Å².